The Bertz CT molecular complexity index is 938. The molecule has 7 nitrogen and oxygen atoms in total. The van der Waals surface area contributed by atoms with Crippen molar-refractivity contribution in [3.63, 3.8) is 0 Å². The van der Waals surface area contributed by atoms with E-state index in [0.717, 1.165) is 18.4 Å². The van der Waals surface area contributed by atoms with Crippen LogP contribution in [0.1, 0.15) is 25.3 Å². The average molecular weight is 396 g/mol. The zero-order valence-electron chi connectivity index (χ0n) is 14.9. The number of H-pyrrole nitrogens is 1. The maximum Gasteiger partial charge on any atom is 0.330 e. The fraction of sp³-hybridized carbons (Fsp3) is 0.353. The van der Waals surface area contributed by atoms with Crippen LogP contribution >= 0.6 is 23.8 Å². The van der Waals surface area contributed by atoms with Gasteiger partial charge in [-0.25, -0.2) is 4.79 Å². The number of nitrogens with one attached hydrogen (secondary N) is 2. The highest BCUT2D eigenvalue weighted by molar-refractivity contribution is 7.80. The second-order valence-corrected chi connectivity index (χ2v) is 6.75. The molecule has 0 aliphatic rings. The van der Waals surface area contributed by atoms with E-state index in [2.05, 4.69) is 10.3 Å². The van der Waals surface area contributed by atoms with Gasteiger partial charge in [0.1, 0.15) is 11.5 Å². The van der Waals surface area contributed by atoms with Crippen molar-refractivity contribution in [2.45, 2.75) is 33.2 Å². The van der Waals surface area contributed by atoms with E-state index in [0.29, 0.717) is 17.3 Å². The molecule has 0 saturated heterocycles. The number of unbranched alkanes of at least 4 members (excludes halogenated alkanes) is 1. The number of thiocarbonyl (C=S) groups is 1. The second-order valence-electron chi connectivity index (χ2n) is 5.95. The Labute approximate surface area is 161 Å². The van der Waals surface area contributed by atoms with Gasteiger partial charge in [0.05, 0.1) is 0 Å². The first-order valence-electron chi connectivity index (χ1n) is 8.19. The zero-order valence-corrected chi connectivity index (χ0v) is 16.5. The summed E-state index contributed by atoms with van der Waals surface area (Å²) < 4.78 is 1.35. The molecule has 0 fully saturated rings. The number of hydrogen-bond donors (Lipinski definition) is 3. The van der Waals surface area contributed by atoms with Crippen molar-refractivity contribution in [2.75, 3.05) is 23.0 Å². The van der Waals surface area contributed by atoms with Crippen molar-refractivity contribution in [3.05, 3.63) is 49.6 Å². The standard InChI is InChI=1S/C17H22ClN5O2S/c1-4-5-8-23-14(19)13(15(24)21-16(23)25)22(3)17(26)20-11-7-6-10(2)12(18)9-11/h6-7,9H,4-5,8,19H2,1-3H3,(H,20,26)(H,21,24,25). The predicted octanol–water partition coefficient (Wildman–Crippen LogP) is 2.71. The lowest BCUT2D eigenvalue weighted by Gasteiger charge is -2.23. The monoisotopic (exact) mass is 395 g/mol. The quantitative estimate of drug-likeness (QED) is 0.673. The minimum absolute atomic E-state index is 0.0841. The van der Waals surface area contributed by atoms with E-state index in [1.807, 2.05) is 26.0 Å². The van der Waals surface area contributed by atoms with E-state index in [9.17, 15) is 9.59 Å². The van der Waals surface area contributed by atoms with Crippen molar-refractivity contribution in [1.29, 1.82) is 0 Å². The van der Waals surface area contributed by atoms with Gasteiger partial charge in [-0.2, -0.15) is 0 Å². The van der Waals surface area contributed by atoms with Crippen LogP contribution in [0.5, 0.6) is 0 Å². The van der Waals surface area contributed by atoms with E-state index in [1.165, 1.54) is 9.47 Å². The summed E-state index contributed by atoms with van der Waals surface area (Å²) in [7, 11) is 1.61. The molecule has 1 heterocycles. The van der Waals surface area contributed by atoms with Gasteiger partial charge in [0.2, 0.25) is 0 Å². The van der Waals surface area contributed by atoms with Crippen LogP contribution in [0, 0.1) is 6.92 Å². The Morgan fingerprint density at radius 2 is 2.12 bits per heavy atom. The van der Waals surface area contributed by atoms with Crippen LogP contribution in [0.15, 0.2) is 27.8 Å². The van der Waals surface area contributed by atoms with E-state index < -0.39 is 11.2 Å². The summed E-state index contributed by atoms with van der Waals surface area (Å²) in [6, 6.07) is 5.43. The summed E-state index contributed by atoms with van der Waals surface area (Å²) in [5, 5.41) is 3.87. The highest BCUT2D eigenvalue weighted by atomic mass is 35.5. The normalized spacial score (nSPS) is 10.6. The number of benzene rings is 1. The lowest BCUT2D eigenvalue weighted by atomic mass is 10.2. The Morgan fingerprint density at radius 3 is 2.73 bits per heavy atom. The number of aryl methyl sites for hydroxylation is 1. The van der Waals surface area contributed by atoms with Gasteiger partial charge in [0.25, 0.3) is 5.56 Å². The third-order valence-electron chi connectivity index (χ3n) is 4.01. The third kappa shape index (κ3) is 4.25. The number of nitrogens with two attached hydrogens (primary N) is 1. The van der Waals surface area contributed by atoms with Crippen LogP contribution in [0.4, 0.5) is 17.2 Å². The van der Waals surface area contributed by atoms with Crippen LogP contribution in [-0.2, 0) is 6.54 Å². The smallest absolute Gasteiger partial charge is 0.330 e. The molecule has 26 heavy (non-hydrogen) atoms. The van der Waals surface area contributed by atoms with E-state index in [1.54, 1.807) is 13.1 Å². The SMILES string of the molecule is CCCCn1c(N)c(N(C)C(=S)Nc2ccc(C)c(Cl)c2)c(=O)[nH]c1=O. The van der Waals surface area contributed by atoms with Gasteiger partial charge in [0.15, 0.2) is 5.11 Å². The van der Waals surface area contributed by atoms with Crippen LogP contribution < -0.4 is 27.2 Å². The summed E-state index contributed by atoms with van der Waals surface area (Å²) in [6.07, 6.45) is 1.66. The van der Waals surface area contributed by atoms with E-state index >= 15 is 0 Å². The highest BCUT2D eigenvalue weighted by Gasteiger charge is 2.19. The van der Waals surface area contributed by atoms with Crippen molar-refractivity contribution >= 4 is 46.1 Å². The number of nitrogen functional groups attached to an aromatic ring is 1. The molecule has 2 rings (SSSR count). The maximum absolute atomic E-state index is 12.3. The molecule has 140 valence electrons. The molecule has 0 saturated carbocycles. The summed E-state index contributed by atoms with van der Waals surface area (Å²) in [5.74, 6) is 0.0841. The molecule has 0 aliphatic carbocycles. The van der Waals surface area contributed by atoms with Crippen molar-refractivity contribution in [1.82, 2.24) is 9.55 Å². The fourth-order valence-corrected chi connectivity index (χ4v) is 2.81. The van der Waals surface area contributed by atoms with Crippen molar-refractivity contribution in [2.24, 2.45) is 0 Å². The van der Waals surface area contributed by atoms with Crippen molar-refractivity contribution in [3.8, 4) is 0 Å². The Morgan fingerprint density at radius 1 is 1.42 bits per heavy atom. The molecule has 0 unspecified atom stereocenters. The summed E-state index contributed by atoms with van der Waals surface area (Å²) in [6.45, 7) is 4.33. The Kier molecular flexibility index (Phi) is 6.44. The molecule has 0 bridgehead atoms. The van der Waals surface area contributed by atoms with Crippen LogP contribution in [0.3, 0.4) is 0 Å². The first kappa shape index (κ1) is 20.0. The molecule has 0 radical (unpaired) electrons. The molecule has 0 atom stereocenters. The number of aromatic amines is 1. The van der Waals surface area contributed by atoms with E-state index in [-0.39, 0.29) is 16.6 Å². The molecular weight excluding hydrogens is 374 g/mol. The number of hydrogen-bond acceptors (Lipinski definition) is 4. The predicted molar refractivity (Wildman–Crippen MR) is 111 cm³/mol. The van der Waals surface area contributed by atoms with Gasteiger partial charge >= 0.3 is 5.69 Å². The highest BCUT2D eigenvalue weighted by Crippen LogP contribution is 2.21. The molecule has 1 aromatic carbocycles. The fourth-order valence-electron chi connectivity index (χ4n) is 2.42. The summed E-state index contributed by atoms with van der Waals surface area (Å²) in [5.41, 5.74) is 6.73. The topological polar surface area (TPSA) is 96.2 Å². The number of nitrogens with zero attached hydrogens (tertiary/aromatic N) is 2. The molecule has 9 heteroatoms. The largest absolute Gasteiger partial charge is 0.383 e. The molecule has 0 amide bonds. The number of halogens is 1. The lowest BCUT2D eigenvalue weighted by Crippen LogP contribution is -2.40. The molecular formula is C17H22ClN5O2S. The summed E-state index contributed by atoms with van der Waals surface area (Å²) >= 11 is 11.5. The average Bonchev–Trinajstić information content (AvgIpc) is 2.57. The minimum atomic E-state index is -0.589. The first-order chi connectivity index (χ1) is 12.3. The van der Waals surface area contributed by atoms with Gasteiger partial charge in [-0.3, -0.25) is 14.3 Å². The zero-order chi connectivity index (χ0) is 19.4. The van der Waals surface area contributed by atoms with Crippen LogP contribution in [0.25, 0.3) is 0 Å². The number of anilines is 3. The first-order valence-corrected chi connectivity index (χ1v) is 8.98. The van der Waals surface area contributed by atoms with Gasteiger partial charge in [0, 0.05) is 24.3 Å². The van der Waals surface area contributed by atoms with Gasteiger partial charge in [-0.15, -0.1) is 0 Å². The molecule has 4 N–H and O–H groups in total. The molecule has 0 aliphatic heterocycles. The third-order valence-corrected chi connectivity index (χ3v) is 4.80. The lowest BCUT2D eigenvalue weighted by molar-refractivity contribution is 0.605. The minimum Gasteiger partial charge on any atom is -0.383 e. The van der Waals surface area contributed by atoms with Gasteiger partial charge < -0.3 is 16.0 Å². The summed E-state index contributed by atoms with van der Waals surface area (Å²) in [4.78, 5) is 28.0. The van der Waals surface area contributed by atoms with Crippen LogP contribution in [0.2, 0.25) is 5.02 Å². The number of rotatable bonds is 5. The van der Waals surface area contributed by atoms with Gasteiger partial charge in [-0.1, -0.05) is 31.0 Å². The number of aromatic nitrogens is 2. The molecule has 0 spiro atoms. The molecule has 1 aromatic heterocycles. The second kappa shape index (κ2) is 8.37. The van der Waals surface area contributed by atoms with E-state index in [4.69, 9.17) is 29.6 Å². The Balaban J connectivity index is 2.34. The Hall–Kier alpha value is -2.32. The maximum atomic E-state index is 12.3. The van der Waals surface area contributed by atoms with Crippen molar-refractivity contribution < 1.29 is 0 Å². The van der Waals surface area contributed by atoms with Crippen LogP contribution in [-0.4, -0.2) is 21.7 Å². The van der Waals surface area contributed by atoms with Gasteiger partial charge in [-0.05, 0) is 43.3 Å². The molecule has 2 aromatic rings.